The lowest BCUT2D eigenvalue weighted by molar-refractivity contribution is -0.116. The van der Waals surface area contributed by atoms with Crippen LogP contribution in [-0.2, 0) is 24.4 Å². The number of hydrogen-bond donors (Lipinski definition) is 2. The highest BCUT2D eigenvalue weighted by atomic mass is 16.5. The van der Waals surface area contributed by atoms with Gasteiger partial charge in [0.2, 0.25) is 5.91 Å². The third-order valence-electron chi connectivity index (χ3n) is 4.80. The number of carbonyl (C=O) groups is 1. The first-order valence-electron chi connectivity index (χ1n) is 9.53. The molecule has 1 aromatic heterocycles. The van der Waals surface area contributed by atoms with Crippen LogP contribution in [0, 0.1) is 0 Å². The number of aromatic nitrogens is 1. The molecule has 5 heteroatoms. The van der Waals surface area contributed by atoms with E-state index in [1.807, 2.05) is 36.4 Å². The van der Waals surface area contributed by atoms with Crippen molar-refractivity contribution in [3.05, 3.63) is 83.7 Å². The Labute approximate surface area is 164 Å². The lowest BCUT2D eigenvalue weighted by Crippen LogP contribution is -2.09. The fraction of sp³-hybridized carbons (Fsp3) is 0.217. The Kier molecular flexibility index (Phi) is 5.52. The quantitative estimate of drug-likeness (QED) is 0.665. The SMILES string of the molecule is O=C1CCCc2cc(NCc3ccc(OCc4ccncc4)cc3)ccc2N1. The molecule has 0 unspecified atom stereocenters. The Morgan fingerprint density at radius 1 is 0.964 bits per heavy atom. The number of pyridine rings is 1. The maximum Gasteiger partial charge on any atom is 0.224 e. The zero-order valence-corrected chi connectivity index (χ0v) is 15.7. The van der Waals surface area contributed by atoms with Crippen LogP contribution in [-0.4, -0.2) is 10.9 Å². The van der Waals surface area contributed by atoms with Crippen LogP contribution in [0.25, 0.3) is 0 Å². The van der Waals surface area contributed by atoms with E-state index in [0.29, 0.717) is 13.0 Å². The van der Waals surface area contributed by atoms with Crippen LogP contribution >= 0.6 is 0 Å². The van der Waals surface area contributed by atoms with Crippen molar-refractivity contribution in [1.29, 1.82) is 0 Å². The normalized spacial score (nSPS) is 13.2. The molecule has 28 heavy (non-hydrogen) atoms. The van der Waals surface area contributed by atoms with Gasteiger partial charge in [-0.2, -0.15) is 0 Å². The molecule has 0 atom stereocenters. The first-order chi connectivity index (χ1) is 13.8. The van der Waals surface area contributed by atoms with Crippen molar-refractivity contribution >= 4 is 17.3 Å². The van der Waals surface area contributed by atoms with Gasteiger partial charge in [0.25, 0.3) is 0 Å². The molecule has 0 spiro atoms. The van der Waals surface area contributed by atoms with Gasteiger partial charge in [-0.25, -0.2) is 0 Å². The van der Waals surface area contributed by atoms with Crippen LogP contribution in [0.4, 0.5) is 11.4 Å². The minimum absolute atomic E-state index is 0.102. The minimum atomic E-state index is 0.102. The lowest BCUT2D eigenvalue weighted by atomic mass is 10.1. The third kappa shape index (κ3) is 4.68. The van der Waals surface area contributed by atoms with E-state index in [-0.39, 0.29) is 5.91 Å². The van der Waals surface area contributed by atoms with Crippen molar-refractivity contribution in [2.24, 2.45) is 0 Å². The van der Waals surface area contributed by atoms with Crippen LogP contribution in [0.2, 0.25) is 0 Å². The summed E-state index contributed by atoms with van der Waals surface area (Å²) in [7, 11) is 0. The molecule has 5 nitrogen and oxygen atoms in total. The highest BCUT2D eigenvalue weighted by Crippen LogP contribution is 2.25. The summed E-state index contributed by atoms with van der Waals surface area (Å²) in [6.07, 6.45) is 5.94. The maximum atomic E-state index is 11.7. The molecule has 0 saturated carbocycles. The number of hydrogen-bond acceptors (Lipinski definition) is 4. The topological polar surface area (TPSA) is 63.2 Å². The van der Waals surface area contributed by atoms with Crippen LogP contribution < -0.4 is 15.4 Å². The number of amides is 1. The molecule has 3 aromatic rings. The van der Waals surface area contributed by atoms with Crippen LogP contribution in [0.5, 0.6) is 5.75 Å². The van der Waals surface area contributed by atoms with Gasteiger partial charge in [-0.05, 0) is 72.0 Å². The average molecular weight is 373 g/mol. The summed E-state index contributed by atoms with van der Waals surface area (Å²) in [5, 5.41) is 6.43. The van der Waals surface area contributed by atoms with Gasteiger partial charge < -0.3 is 15.4 Å². The third-order valence-corrected chi connectivity index (χ3v) is 4.80. The molecular weight excluding hydrogens is 350 g/mol. The van der Waals surface area contributed by atoms with Crippen molar-refractivity contribution in [1.82, 2.24) is 4.98 Å². The Bertz CT molecular complexity index is 940. The van der Waals surface area contributed by atoms with E-state index in [0.717, 1.165) is 42.1 Å². The molecule has 2 N–H and O–H groups in total. The summed E-state index contributed by atoms with van der Waals surface area (Å²) < 4.78 is 5.81. The maximum absolute atomic E-state index is 11.7. The van der Waals surface area contributed by atoms with Gasteiger partial charge in [-0.1, -0.05) is 12.1 Å². The smallest absolute Gasteiger partial charge is 0.224 e. The van der Waals surface area contributed by atoms with Gasteiger partial charge in [0.1, 0.15) is 12.4 Å². The Morgan fingerprint density at radius 3 is 2.61 bits per heavy atom. The molecule has 0 saturated heterocycles. The first kappa shape index (κ1) is 18.0. The van der Waals surface area contributed by atoms with Gasteiger partial charge >= 0.3 is 0 Å². The van der Waals surface area contributed by atoms with Crippen molar-refractivity contribution < 1.29 is 9.53 Å². The fourth-order valence-corrected chi connectivity index (χ4v) is 3.24. The zero-order valence-electron chi connectivity index (χ0n) is 15.7. The number of nitrogens with one attached hydrogen (secondary N) is 2. The molecule has 2 aromatic carbocycles. The number of nitrogens with zero attached hydrogens (tertiary/aromatic N) is 1. The van der Waals surface area contributed by atoms with Crippen LogP contribution in [0.1, 0.15) is 29.5 Å². The predicted molar refractivity (Wildman–Crippen MR) is 110 cm³/mol. The summed E-state index contributed by atoms with van der Waals surface area (Å²) >= 11 is 0. The molecule has 0 aliphatic carbocycles. The minimum Gasteiger partial charge on any atom is -0.489 e. The van der Waals surface area contributed by atoms with Crippen LogP contribution in [0.15, 0.2) is 67.0 Å². The zero-order chi connectivity index (χ0) is 19.2. The fourth-order valence-electron chi connectivity index (χ4n) is 3.24. The van der Waals surface area contributed by atoms with Gasteiger partial charge in [0.15, 0.2) is 0 Å². The molecule has 0 radical (unpaired) electrons. The number of benzene rings is 2. The highest BCUT2D eigenvalue weighted by Gasteiger charge is 2.12. The van der Waals surface area contributed by atoms with Gasteiger partial charge in [0, 0.05) is 36.7 Å². The molecule has 2 heterocycles. The van der Waals surface area contributed by atoms with E-state index >= 15 is 0 Å². The summed E-state index contributed by atoms with van der Waals surface area (Å²) in [6.45, 7) is 1.27. The standard InChI is InChI=1S/C23H23N3O2/c27-23-3-1-2-19-14-20(6-9-22(19)26-23)25-15-17-4-7-21(8-5-17)28-16-18-10-12-24-13-11-18/h4-14,25H,1-3,15-16H2,(H,26,27). The summed E-state index contributed by atoms with van der Waals surface area (Å²) in [4.78, 5) is 15.7. The predicted octanol–water partition coefficient (Wildman–Crippen LogP) is 4.55. The lowest BCUT2D eigenvalue weighted by Gasteiger charge is -2.12. The second-order valence-electron chi connectivity index (χ2n) is 6.92. The Balaban J connectivity index is 1.32. The van der Waals surface area contributed by atoms with Gasteiger partial charge in [-0.3, -0.25) is 9.78 Å². The van der Waals surface area contributed by atoms with Crippen molar-refractivity contribution in [2.75, 3.05) is 10.6 Å². The summed E-state index contributed by atoms with van der Waals surface area (Å²) in [5.41, 5.74) is 5.46. The molecule has 4 rings (SSSR count). The van der Waals surface area contributed by atoms with E-state index in [1.54, 1.807) is 12.4 Å². The second-order valence-corrected chi connectivity index (χ2v) is 6.92. The Morgan fingerprint density at radius 2 is 1.79 bits per heavy atom. The molecule has 1 aliphatic heterocycles. The van der Waals surface area contributed by atoms with Crippen LogP contribution in [0.3, 0.4) is 0 Å². The van der Waals surface area contributed by atoms with E-state index < -0.39 is 0 Å². The Hall–Kier alpha value is -3.34. The number of ether oxygens (including phenoxy) is 1. The summed E-state index contributed by atoms with van der Waals surface area (Å²) in [5.74, 6) is 0.951. The van der Waals surface area contributed by atoms with Crippen molar-refractivity contribution in [3.63, 3.8) is 0 Å². The number of fused-ring (bicyclic) bond motifs is 1. The summed E-state index contributed by atoms with van der Waals surface area (Å²) in [6, 6.07) is 18.1. The van der Waals surface area contributed by atoms with Gasteiger partial charge in [0.05, 0.1) is 0 Å². The molecular formula is C23H23N3O2. The largest absolute Gasteiger partial charge is 0.489 e. The monoisotopic (exact) mass is 373 g/mol. The number of aryl methyl sites for hydroxylation is 1. The highest BCUT2D eigenvalue weighted by molar-refractivity contribution is 5.92. The molecule has 1 aliphatic rings. The first-order valence-corrected chi connectivity index (χ1v) is 9.53. The molecule has 0 fully saturated rings. The van der Waals surface area contributed by atoms with E-state index in [4.69, 9.17) is 4.74 Å². The average Bonchev–Trinajstić information content (AvgIpc) is 2.92. The van der Waals surface area contributed by atoms with E-state index in [9.17, 15) is 4.79 Å². The molecule has 0 bridgehead atoms. The molecule has 1 amide bonds. The van der Waals surface area contributed by atoms with Crippen molar-refractivity contribution in [2.45, 2.75) is 32.4 Å². The number of rotatable bonds is 6. The number of anilines is 2. The second kappa shape index (κ2) is 8.57. The van der Waals surface area contributed by atoms with Gasteiger partial charge in [-0.15, -0.1) is 0 Å². The van der Waals surface area contributed by atoms with E-state index in [2.05, 4.69) is 33.8 Å². The molecule has 142 valence electrons. The number of carbonyl (C=O) groups excluding carboxylic acids is 1. The van der Waals surface area contributed by atoms with Crippen molar-refractivity contribution in [3.8, 4) is 5.75 Å². The van der Waals surface area contributed by atoms with E-state index in [1.165, 1.54) is 11.1 Å².